The Morgan fingerprint density at radius 3 is 3.11 bits per heavy atom. The Balaban J connectivity index is 1.84. The number of ether oxygens (including phenoxy) is 1. The molecule has 1 fully saturated rings. The van der Waals surface area contributed by atoms with E-state index >= 15 is 0 Å². The first-order valence-electron chi connectivity index (χ1n) is 5.99. The van der Waals surface area contributed by atoms with E-state index in [1.807, 2.05) is 0 Å². The summed E-state index contributed by atoms with van der Waals surface area (Å²) in [6, 6.07) is 5.68. The molecule has 5 heteroatoms. The molecule has 0 aromatic heterocycles. The molecule has 0 aliphatic carbocycles. The molecule has 0 spiro atoms. The van der Waals surface area contributed by atoms with Gasteiger partial charge in [0.1, 0.15) is 11.6 Å². The minimum atomic E-state index is -0.447. The minimum absolute atomic E-state index is 0.129. The van der Waals surface area contributed by atoms with Crippen LogP contribution in [0.25, 0.3) is 0 Å². The van der Waals surface area contributed by atoms with Crippen molar-refractivity contribution in [1.29, 1.82) is 0 Å². The molecule has 0 radical (unpaired) electrons. The van der Waals surface area contributed by atoms with Gasteiger partial charge < -0.3 is 14.7 Å². The van der Waals surface area contributed by atoms with E-state index in [0.717, 1.165) is 12.8 Å². The van der Waals surface area contributed by atoms with Crippen LogP contribution in [0.5, 0.6) is 5.75 Å². The number of amides is 1. The van der Waals surface area contributed by atoms with Crippen LogP contribution in [-0.4, -0.2) is 41.7 Å². The Labute approximate surface area is 105 Å². The number of aliphatic hydroxyl groups is 1. The highest BCUT2D eigenvalue weighted by Gasteiger charge is 2.22. The van der Waals surface area contributed by atoms with Crippen molar-refractivity contribution >= 4 is 5.91 Å². The molecule has 1 heterocycles. The van der Waals surface area contributed by atoms with Gasteiger partial charge in [0.05, 0.1) is 6.10 Å². The Hall–Kier alpha value is -1.62. The molecule has 1 N–H and O–H groups in total. The molecule has 18 heavy (non-hydrogen) atoms. The maximum atomic E-state index is 12.9. The number of piperidine rings is 1. The quantitative estimate of drug-likeness (QED) is 0.880. The lowest BCUT2D eigenvalue weighted by atomic mass is 10.1. The molecular weight excluding hydrogens is 237 g/mol. The summed E-state index contributed by atoms with van der Waals surface area (Å²) >= 11 is 0. The number of carbonyl (C=O) groups excluding carboxylic acids is 1. The van der Waals surface area contributed by atoms with Crippen molar-refractivity contribution in [3.05, 3.63) is 30.1 Å². The van der Waals surface area contributed by atoms with Crippen molar-refractivity contribution in [3.8, 4) is 5.75 Å². The summed E-state index contributed by atoms with van der Waals surface area (Å²) in [5.74, 6) is -0.243. The van der Waals surface area contributed by atoms with Crippen LogP contribution in [0.2, 0.25) is 0 Å². The number of hydrogen-bond acceptors (Lipinski definition) is 3. The lowest BCUT2D eigenvalue weighted by Crippen LogP contribution is -2.44. The highest BCUT2D eigenvalue weighted by Crippen LogP contribution is 2.13. The molecule has 1 amide bonds. The molecule has 1 saturated heterocycles. The number of likely N-dealkylation sites (tertiary alicyclic amines) is 1. The SMILES string of the molecule is O=C(COc1cccc(F)c1)N1CCC[C@H](O)C1. The number of nitrogens with zero attached hydrogens (tertiary/aromatic N) is 1. The molecule has 0 bridgehead atoms. The maximum Gasteiger partial charge on any atom is 0.260 e. The Kier molecular flexibility index (Phi) is 4.15. The van der Waals surface area contributed by atoms with Gasteiger partial charge in [-0.3, -0.25) is 4.79 Å². The van der Waals surface area contributed by atoms with Gasteiger partial charge in [-0.05, 0) is 25.0 Å². The van der Waals surface area contributed by atoms with Crippen molar-refractivity contribution in [2.45, 2.75) is 18.9 Å². The fourth-order valence-corrected chi connectivity index (χ4v) is 1.97. The first-order valence-corrected chi connectivity index (χ1v) is 5.99. The maximum absolute atomic E-state index is 12.9. The summed E-state index contributed by atoms with van der Waals surface area (Å²) in [5, 5.41) is 9.47. The number of benzene rings is 1. The predicted molar refractivity (Wildman–Crippen MR) is 63.7 cm³/mol. The zero-order valence-corrected chi connectivity index (χ0v) is 10.0. The summed E-state index contributed by atoms with van der Waals surface area (Å²) in [7, 11) is 0. The molecule has 1 aliphatic heterocycles. The van der Waals surface area contributed by atoms with E-state index in [4.69, 9.17) is 4.74 Å². The van der Waals surface area contributed by atoms with Gasteiger partial charge in [0.25, 0.3) is 5.91 Å². The Bertz CT molecular complexity index is 424. The van der Waals surface area contributed by atoms with Crippen LogP contribution >= 0.6 is 0 Å². The van der Waals surface area contributed by atoms with E-state index in [-0.39, 0.29) is 12.5 Å². The molecule has 1 aromatic carbocycles. The molecule has 4 nitrogen and oxygen atoms in total. The summed E-state index contributed by atoms with van der Waals surface area (Å²) in [6.45, 7) is 0.865. The van der Waals surface area contributed by atoms with Crippen LogP contribution in [0.4, 0.5) is 4.39 Å². The van der Waals surface area contributed by atoms with Crippen LogP contribution < -0.4 is 4.74 Å². The topological polar surface area (TPSA) is 49.8 Å². The van der Waals surface area contributed by atoms with Gasteiger partial charge in [-0.25, -0.2) is 4.39 Å². The third-order valence-corrected chi connectivity index (χ3v) is 2.91. The van der Waals surface area contributed by atoms with Crippen molar-refractivity contribution in [1.82, 2.24) is 4.90 Å². The second-order valence-electron chi connectivity index (χ2n) is 4.38. The highest BCUT2D eigenvalue weighted by molar-refractivity contribution is 5.77. The van der Waals surface area contributed by atoms with E-state index in [9.17, 15) is 14.3 Å². The first kappa shape index (κ1) is 12.8. The molecule has 1 aromatic rings. The van der Waals surface area contributed by atoms with Gasteiger partial charge in [0.2, 0.25) is 0 Å². The largest absolute Gasteiger partial charge is 0.484 e. The summed E-state index contributed by atoms with van der Waals surface area (Å²) in [5.41, 5.74) is 0. The van der Waals surface area contributed by atoms with Crippen LogP contribution in [0, 0.1) is 5.82 Å². The molecule has 1 atom stereocenters. The number of β-amino-alcohol motifs (C(OH)–C–C–N with tert-alkyl or cyclic N) is 1. The lowest BCUT2D eigenvalue weighted by Gasteiger charge is -2.29. The summed E-state index contributed by atoms with van der Waals surface area (Å²) in [4.78, 5) is 13.4. The third-order valence-electron chi connectivity index (χ3n) is 2.91. The molecule has 0 unspecified atom stereocenters. The number of carbonyl (C=O) groups is 1. The van der Waals surface area contributed by atoms with Gasteiger partial charge in [0.15, 0.2) is 6.61 Å². The standard InChI is InChI=1S/C13H16FNO3/c14-10-3-1-5-12(7-10)18-9-13(17)15-6-2-4-11(16)8-15/h1,3,5,7,11,16H,2,4,6,8-9H2/t11-/m0/s1. The van der Waals surface area contributed by atoms with Gasteiger partial charge >= 0.3 is 0 Å². The van der Waals surface area contributed by atoms with E-state index in [2.05, 4.69) is 0 Å². The van der Waals surface area contributed by atoms with E-state index in [1.165, 1.54) is 18.2 Å². The van der Waals surface area contributed by atoms with Crippen LogP contribution in [0.15, 0.2) is 24.3 Å². The fourth-order valence-electron chi connectivity index (χ4n) is 1.97. The lowest BCUT2D eigenvalue weighted by molar-refractivity contribution is -0.136. The third kappa shape index (κ3) is 3.43. The first-order chi connectivity index (χ1) is 8.65. The van der Waals surface area contributed by atoms with E-state index in [1.54, 1.807) is 11.0 Å². The second-order valence-corrected chi connectivity index (χ2v) is 4.38. The normalized spacial score (nSPS) is 19.7. The molecule has 1 aliphatic rings. The average Bonchev–Trinajstić information content (AvgIpc) is 2.36. The number of aliphatic hydroxyl groups excluding tert-OH is 1. The van der Waals surface area contributed by atoms with Gasteiger partial charge in [-0.1, -0.05) is 6.07 Å². The van der Waals surface area contributed by atoms with Crippen LogP contribution in [0.3, 0.4) is 0 Å². The molecule has 98 valence electrons. The van der Waals surface area contributed by atoms with Crippen molar-refractivity contribution < 1.29 is 19.0 Å². The number of halogens is 1. The fraction of sp³-hybridized carbons (Fsp3) is 0.462. The summed E-state index contributed by atoms with van der Waals surface area (Å²) in [6.07, 6.45) is 1.08. The van der Waals surface area contributed by atoms with Crippen molar-refractivity contribution in [2.24, 2.45) is 0 Å². The van der Waals surface area contributed by atoms with Crippen molar-refractivity contribution in [3.63, 3.8) is 0 Å². The predicted octanol–water partition coefficient (Wildman–Crippen LogP) is 1.19. The molecular formula is C13H16FNO3. The van der Waals surface area contributed by atoms with Gasteiger partial charge in [-0.2, -0.15) is 0 Å². The zero-order chi connectivity index (χ0) is 13.0. The molecule has 2 rings (SSSR count). The van der Waals surface area contributed by atoms with Crippen LogP contribution in [0.1, 0.15) is 12.8 Å². The number of rotatable bonds is 3. The highest BCUT2D eigenvalue weighted by atomic mass is 19.1. The monoisotopic (exact) mass is 253 g/mol. The smallest absolute Gasteiger partial charge is 0.260 e. The van der Waals surface area contributed by atoms with E-state index in [0.29, 0.717) is 18.8 Å². The number of hydrogen-bond donors (Lipinski definition) is 1. The average molecular weight is 253 g/mol. The van der Waals surface area contributed by atoms with E-state index < -0.39 is 11.9 Å². The summed E-state index contributed by atoms with van der Waals surface area (Å²) < 4.78 is 18.1. The van der Waals surface area contributed by atoms with Crippen molar-refractivity contribution in [2.75, 3.05) is 19.7 Å². The van der Waals surface area contributed by atoms with Gasteiger partial charge in [-0.15, -0.1) is 0 Å². The van der Waals surface area contributed by atoms with Crippen LogP contribution in [-0.2, 0) is 4.79 Å². The zero-order valence-electron chi connectivity index (χ0n) is 10.0. The molecule has 0 saturated carbocycles. The Morgan fingerprint density at radius 2 is 2.39 bits per heavy atom. The Morgan fingerprint density at radius 1 is 1.56 bits per heavy atom. The second kappa shape index (κ2) is 5.82. The minimum Gasteiger partial charge on any atom is -0.484 e. The van der Waals surface area contributed by atoms with Gasteiger partial charge in [0, 0.05) is 19.2 Å².